The number of fused-ring (bicyclic) bond motifs is 2. The van der Waals surface area contributed by atoms with Crippen molar-refractivity contribution < 1.29 is 14.3 Å². The smallest absolute Gasteiger partial charge is 0.325 e. The molecule has 0 unspecified atom stereocenters. The van der Waals surface area contributed by atoms with Crippen molar-refractivity contribution in [3.05, 3.63) is 70.7 Å². The Morgan fingerprint density at radius 3 is 2.76 bits per heavy atom. The van der Waals surface area contributed by atoms with Crippen LogP contribution in [0.5, 0.6) is 5.75 Å². The van der Waals surface area contributed by atoms with E-state index in [1.54, 1.807) is 7.11 Å². The van der Waals surface area contributed by atoms with Gasteiger partial charge < -0.3 is 10.1 Å². The molecule has 0 bridgehead atoms. The first-order chi connectivity index (χ1) is 14.1. The fraction of sp³-hybridized carbons (Fsp3) is 0.227. The summed E-state index contributed by atoms with van der Waals surface area (Å²) in [5, 5.41) is 5.70. The van der Waals surface area contributed by atoms with Gasteiger partial charge in [-0.1, -0.05) is 24.3 Å². The van der Waals surface area contributed by atoms with Crippen LogP contribution in [0.25, 0.3) is 10.6 Å². The topological polar surface area (TPSA) is 71.5 Å². The number of ether oxygens (including phenoxy) is 1. The molecular formula is C22H19N3O3S. The number of carbonyl (C=O) groups is 2. The summed E-state index contributed by atoms with van der Waals surface area (Å²) in [7, 11) is 1.63. The Labute approximate surface area is 172 Å². The van der Waals surface area contributed by atoms with Gasteiger partial charge in [-0.3, -0.25) is 9.69 Å². The molecule has 1 N–H and O–H groups in total. The Kier molecular flexibility index (Phi) is 4.13. The maximum Gasteiger partial charge on any atom is 0.325 e. The van der Waals surface area contributed by atoms with Crippen molar-refractivity contribution in [1.82, 2.24) is 15.2 Å². The number of hydrogen-bond donors (Lipinski definition) is 1. The molecule has 2 heterocycles. The first-order valence-corrected chi connectivity index (χ1v) is 10.3. The fourth-order valence-electron chi connectivity index (χ4n) is 4.14. The van der Waals surface area contributed by atoms with Gasteiger partial charge in [-0.15, -0.1) is 11.3 Å². The summed E-state index contributed by atoms with van der Waals surface area (Å²) >= 11 is 1.49. The van der Waals surface area contributed by atoms with Crippen molar-refractivity contribution in [2.75, 3.05) is 7.11 Å². The predicted molar refractivity (Wildman–Crippen MR) is 110 cm³/mol. The summed E-state index contributed by atoms with van der Waals surface area (Å²) < 4.78 is 5.19. The molecule has 29 heavy (non-hydrogen) atoms. The van der Waals surface area contributed by atoms with E-state index in [9.17, 15) is 9.59 Å². The molecule has 6 nitrogen and oxygen atoms in total. The molecule has 2 aliphatic rings. The van der Waals surface area contributed by atoms with Gasteiger partial charge >= 0.3 is 6.03 Å². The van der Waals surface area contributed by atoms with E-state index in [2.05, 4.69) is 10.3 Å². The van der Waals surface area contributed by atoms with E-state index in [1.165, 1.54) is 16.2 Å². The summed E-state index contributed by atoms with van der Waals surface area (Å²) in [4.78, 5) is 31.8. The number of rotatable bonds is 4. The van der Waals surface area contributed by atoms with Gasteiger partial charge in [-0.05, 0) is 48.2 Å². The Morgan fingerprint density at radius 2 is 1.97 bits per heavy atom. The SMILES string of the molecule is COc1ccc(-c2nc(CN3C(=O)N[C@]4(CCc5ccccc54)C3=O)cs2)cc1. The maximum atomic E-state index is 13.3. The van der Waals surface area contributed by atoms with Crippen molar-refractivity contribution in [3.8, 4) is 16.3 Å². The van der Waals surface area contributed by atoms with Crippen LogP contribution in [0.1, 0.15) is 23.2 Å². The average molecular weight is 405 g/mol. The van der Waals surface area contributed by atoms with Crippen LogP contribution in [-0.4, -0.2) is 28.9 Å². The zero-order valence-electron chi connectivity index (χ0n) is 15.8. The molecule has 2 aromatic carbocycles. The normalized spacial score (nSPS) is 20.2. The molecule has 146 valence electrons. The number of carbonyl (C=O) groups excluding carboxylic acids is 2. The van der Waals surface area contributed by atoms with Gasteiger partial charge in [0.15, 0.2) is 0 Å². The molecular weight excluding hydrogens is 386 g/mol. The number of imide groups is 1. The molecule has 0 saturated carbocycles. The maximum absolute atomic E-state index is 13.3. The molecule has 1 aliphatic heterocycles. The van der Waals surface area contributed by atoms with Crippen molar-refractivity contribution in [1.29, 1.82) is 0 Å². The number of hydrogen-bond acceptors (Lipinski definition) is 5. The van der Waals surface area contributed by atoms with Gasteiger partial charge in [-0.25, -0.2) is 9.78 Å². The lowest BCUT2D eigenvalue weighted by molar-refractivity contribution is -0.132. The van der Waals surface area contributed by atoms with Crippen LogP contribution in [0, 0.1) is 0 Å². The summed E-state index contributed by atoms with van der Waals surface area (Å²) in [5.41, 5.74) is 2.78. The molecule has 0 radical (unpaired) electrons. The van der Waals surface area contributed by atoms with E-state index in [-0.39, 0.29) is 18.5 Å². The van der Waals surface area contributed by atoms with Crippen LogP contribution in [0.3, 0.4) is 0 Å². The zero-order valence-corrected chi connectivity index (χ0v) is 16.7. The van der Waals surface area contributed by atoms with Crippen molar-refractivity contribution >= 4 is 23.3 Å². The first-order valence-electron chi connectivity index (χ1n) is 9.42. The zero-order chi connectivity index (χ0) is 20.0. The van der Waals surface area contributed by atoms with Crippen molar-refractivity contribution in [2.24, 2.45) is 0 Å². The highest BCUT2D eigenvalue weighted by Crippen LogP contribution is 2.41. The van der Waals surface area contributed by atoms with Crippen LogP contribution in [-0.2, 0) is 23.3 Å². The summed E-state index contributed by atoms with van der Waals surface area (Å²) in [6.07, 6.45) is 1.38. The van der Waals surface area contributed by atoms with Crippen molar-refractivity contribution in [2.45, 2.75) is 24.9 Å². The number of benzene rings is 2. The van der Waals surface area contributed by atoms with E-state index in [0.29, 0.717) is 12.1 Å². The van der Waals surface area contributed by atoms with E-state index >= 15 is 0 Å². The lowest BCUT2D eigenvalue weighted by atomic mass is 9.92. The van der Waals surface area contributed by atoms with E-state index in [1.807, 2.05) is 53.9 Å². The van der Waals surface area contributed by atoms with Gasteiger partial charge in [0.2, 0.25) is 0 Å². The molecule has 1 aromatic heterocycles. The number of methoxy groups -OCH3 is 1. The lowest BCUT2D eigenvalue weighted by Crippen LogP contribution is -2.41. The Morgan fingerprint density at radius 1 is 1.17 bits per heavy atom. The summed E-state index contributed by atoms with van der Waals surface area (Å²) in [5.74, 6) is 0.596. The molecule has 3 aromatic rings. The van der Waals surface area contributed by atoms with Crippen LogP contribution in [0.15, 0.2) is 53.9 Å². The molecule has 5 rings (SSSR count). The van der Waals surface area contributed by atoms with Gasteiger partial charge in [0.05, 0.1) is 19.3 Å². The molecule has 1 fully saturated rings. The number of nitrogens with one attached hydrogen (secondary N) is 1. The minimum atomic E-state index is -0.928. The highest BCUT2D eigenvalue weighted by atomic mass is 32.1. The third-order valence-corrected chi connectivity index (χ3v) is 6.57. The second-order valence-electron chi connectivity index (χ2n) is 7.26. The predicted octanol–water partition coefficient (Wildman–Crippen LogP) is 3.71. The van der Waals surface area contributed by atoms with Gasteiger partial charge in [-0.2, -0.15) is 0 Å². The Balaban J connectivity index is 1.38. The first kappa shape index (κ1) is 17.9. The van der Waals surface area contributed by atoms with Gasteiger partial charge in [0.25, 0.3) is 5.91 Å². The average Bonchev–Trinajstić information content (AvgIpc) is 3.43. The number of amides is 3. The third-order valence-electron chi connectivity index (χ3n) is 5.63. The minimum Gasteiger partial charge on any atom is -0.497 e. The number of thiazole rings is 1. The number of aromatic nitrogens is 1. The highest BCUT2D eigenvalue weighted by molar-refractivity contribution is 7.13. The molecule has 1 aliphatic carbocycles. The lowest BCUT2D eigenvalue weighted by Gasteiger charge is -2.22. The van der Waals surface area contributed by atoms with Crippen LogP contribution < -0.4 is 10.1 Å². The Bertz CT molecular complexity index is 1110. The van der Waals surface area contributed by atoms with Gasteiger partial charge in [0.1, 0.15) is 16.3 Å². The number of nitrogens with zero attached hydrogens (tertiary/aromatic N) is 2. The third kappa shape index (κ3) is 2.81. The van der Waals surface area contributed by atoms with Crippen LogP contribution in [0.4, 0.5) is 4.79 Å². The van der Waals surface area contributed by atoms with E-state index in [0.717, 1.165) is 33.9 Å². The molecule has 1 atom stereocenters. The number of urea groups is 1. The second-order valence-corrected chi connectivity index (χ2v) is 8.11. The van der Waals surface area contributed by atoms with Crippen LogP contribution >= 0.6 is 11.3 Å². The standard InChI is InChI=1S/C22H19N3O3S/c1-28-17-8-6-15(7-9-17)19-23-16(13-29-19)12-25-20(26)22(24-21(25)27)11-10-14-4-2-3-5-18(14)22/h2-9,13H,10-12H2,1H3,(H,24,27)/t22-/m0/s1. The minimum absolute atomic E-state index is 0.168. The monoisotopic (exact) mass is 405 g/mol. The fourth-order valence-corrected chi connectivity index (χ4v) is 4.96. The summed E-state index contributed by atoms with van der Waals surface area (Å²) in [6, 6.07) is 15.1. The molecule has 1 spiro atoms. The van der Waals surface area contributed by atoms with Crippen molar-refractivity contribution in [3.63, 3.8) is 0 Å². The number of aryl methyl sites for hydroxylation is 1. The second kappa shape index (κ2) is 6.70. The quantitative estimate of drug-likeness (QED) is 0.672. The van der Waals surface area contributed by atoms with Gasteiger partial charge in [0, 0.05) is 10.9 Å². The summed E-state index contributed by atoms with van der Waals surface area (Å²) in [6.45, 7) is 0.168. The van der Waals surface area contributed by atoms with E-state index in [4.69, 9.17) is 4.74 Å². The molecule has 1 saturated heterocycles. The van der Waals surface area contributed by atoms with Crippen LogP contribution in [0.2, 0.25) is 0 Å². The Hall–Kier alpha value is -3.19. The molecule has 7 heteroatoms. The van der Waals surface area contributed by atoms with E-state index < -0.39 is 5.54 Å². The molecule has 3 amide bonds. The highest BCUT2D eigenvalue weighted by Gasteiger charge is 2.55. The largest absolute Gasteiger partial charge is 0.497 e.